The summed E-state index contributed by atoms with van der Waals surface area (Å²) >= 11 is 4.40. The molecule has 0 amide bonds. The molecule has 0 bridgehead atoms. The Morgan fingerprint density at radius 3 is 2.29 bits per heavy atom. The van der Waals surface area contributed by atoms with Crippen LogP contribution in [-0.4, -0.2) is 18.7 Å². The maximum Gasteiger partial charge on any atom is -1.00 e. The van der Waals surface area contributed by atoms with E-state index in [1.54, 1.807) is 14.6 Å². The van der Waals surface area contributed by atoms with Crippen LogP contribution >= 0.6 is 11.8 Å². The Bertz CT molecular complexity index is 520. The van der Waals surface area contributed by atoms with E-state index in [0.717, 1.165) is 6.42 Å². The van der Waals surface area contributed by atoms with Crippen molar-refractivity contribution in [3.63, 3.8) is 0 Å². The van der Waals surface area contributed by atoms with Crippen LogP contribution in [0, 0.1) is 0 Å². The molecule has 5 heteroatoms. The van der Waals surface area contributed by atoms with Gasteiger partial charge in [0, 0.05) is 0 Å². The van der Waals surface area contributed by atoms with Gasteiger partial charge in [0.05, 0.1) is 0 Å². The fraction of sp³-hybridized carbons (Fsp3) is 0.500. The van der Waals surface area contributed by atoms with Crippen LogP contribution < -0.4 is 24.8 Å². The molecule has 0 heterocycles. The van der Waals surface area contributed by atoms with Crippen LogP contribution in [0.4, 0.5) is 0 Å². The average molecular weight is 394 g/mol. The maximum absolute atomic E-state index is 2.56. The summed E-state index contributed by atoms with van der Waals surface area (Å²) in [5.74, 6) is 0. The Labute approximate surface area is 159 Å². The molecule has 21 heavy (non-hydrogen) atoms. The standard InChI is InChI=1S/C16H23SSi.2ClH.Ti/c1-13-10-11-16(17-3,14(2)12-13)18(4,5)15-8-6-7-9-15;;;/h6,8,10,12H,7,11H2,1-5H3;2*1H;/q;;;+2/p-2. The number of hydrogen-bond acceptors (Lipinski definition) is 1. The molecule has 0 N–H and O–H groups in total. The molecule has 0 radical (unpaired) electrons. The van der Waals surface area contributed by atoms with Gasteiger partial charge in [0.25, 0.3) is 0 Å². The van der Waals surface area contributed by atoms with Crippen molar-refractivity contribution in [2.75, 3.05) is 6.26 Å². The predicted molar refractivity (Wildman–Crippen MR) is 86.6 cm³/mol. The minimum absolute atomic E-state index is 0. The van der Waals surface area contributed by atoms with Gasteiger partial charge in [-0.15, -0.1) is 0 Å². The fourth-order valence-electron chi connectivity index (χ4n) is 3.54. The molecule has 0 nitrogen and oxygen atoms in total. The van der Waals surface area contributed by atoms with E-state index in [2.05, 4.69) is 89.7 Å². The van der Waals surface area contributed by atoms with Crippen molar-refractivity contribution in [1.29, 1.82) is 0 Å². The molecule has 0 aliphatic heterocycles. The summed E-state index contributed by atoms with van der Waals surface area (Å²) in [4.78, 5) is 0. The normalized spacial score (nSPS) is 25.1. The van der Waals surface area contributed by atoms with Crippen LogP contribution in [0.25, 0.3) is 0 Å². The van der Waals surface area contributed by atoms with Gasteiger partial charge in [0.15, 0.2) is 0 Å². The Morgan fingerprint density at radius 2 is 1.86 bits per heavy atom. The molecule has 0 aromatic rings. The summed E-state index contributed by atoms with van der Waals surface area (Å²) in [6.45, 7) is 9.69. The van der Waals surface area contributed by atoms with Crippen molar-refractivity contribution < 1.29 is 45.2 Å². The van der Waals surface area contributed by atoms with Crippen LogP contribution in [-0.2, 0) is 20.4 Å². The van der Waals surface area contributed by atoms with Gasteiger partial charge in [0.2, 0.25) is 0 Å². The van der Waals surface area contributed by atoms with Crippen LogP contribution in [0.15, 0.2) is 44.5 Å². The van der Waals surface area contributed by atoms with Gasteiger partial charge in [0.1, 0.15) is 0 Å². The first-order chi connectivity index (χ1) is 8.85. The zero-order chi connectivity index (χ0) is 14.3. The smallest absolute Gasteiger partial charge is 1.00 e. The van der Waals surface area contributed by atoms with E-state index < -0.39 is 8.07 Å². The molecular weight excluding hydrogens is 371 g/mol. The van der Waals surface area contributed by atoms with E-state index in [1.807, 2.05) is 0 Å². The zero-order valence-corrected chi connectivity index (χ0v) is 18.3. The topological polar surface area (TPSA) is 0 Å². The summed E-state index contributed by atoms with van der Waals surface area (Å²) < 4.78 is 1.93. The van der Waals surface area contributed by atoms with Crippen LogP contribution in [0.3, 0.4) is 0 Å². The first-order valence-corrected chi connectivity index (χ1v) is 11.9. The molecule has 0 saturated carbocycles. The van der Waals surface area contributed by atoms with E-state index in [0.29, 0.717) is 4.37 Å². The third-order valence-electron chi connectivity index (χ3n) is 4.76. The SMILES string of the molecule is CSC1([Si](C)(C)C2=[C]([Ti+2])CC=C2)CC=C(C)C=C1C.[Cl-].[Cl-]. The van der Waals surface area contributed by atoms with Gasteiger partial charge < -0.3 is 24.8 Å². The predicted octanol–water partition coefficient (Wildman–Crippen LogP) is -1.06. The number of hydrogen-bond donors (Lipinski definition) is 0. The third-order valence-corrected chi connectivity index (χ3v) is 13.6. The van der Waals surface area contributed by atoms with Crippen LogP contribution in [0.2, 0.25) is 13.1 Å². The van der Waals surface area contributed by atoms with E-state index in [-0.39, 0.29) is 24.8 Å². The molecular formula is C16H23Cl2SSiTi. The summed E-state index contributed by atoms with van der Waals surface area (Å²) in [5.41, 5.74) is 3.01. The van der Waals surface area contributed by atoms with Crippen molar-refractivity contribution in [1.82, 2.24) is 0 Å². The van der Waals surface area contributed by atoms with Gasteiger partial charge in [-0.3, -0.25) is 0 Å². The summed E-state index contributed by atoms with van der Waals surface area (Å²) in [7, 11) is -1.53. The number of rotatable bonds is 3. The minimum atomic E-state index is -1.53. The molecule has 1 atom stereocenters. The van der Waals surface area contributed by atoms with E-state index in [1.165, 1.54) is 12.0 Å². The molecule has 2 aliphatic rings. The van der Waals surface area contributed by atoms with Gasteiger partial charge in [-0.25, -0.2) is 0 Å². The molecule has 0 aromatic carbocycles. The Hall–Kier alpha value is 0.821. The third kappa shape index (κ3) is 3.67. The molecule has 0 fully saturated rings. The molecule has 1 unspecified atom stereocenters. The van der Waals surface area contributed by atoms with Crippen molar-refractivity contribution >= 4 is 19.8 Å². The van der Waals surface area contributed by atoms with Crippen molar-refractivity contribution in [3.05, 3.63) is 44.5 Å². The maximum atomic E-state index is 2.56. The molecule has 0 saturated heterocycles. The van der Waals surface area contributed by atoms with Crippen molar-refractivity contribution in [2.45, 2.75) is 44.2 Å². The van der Waals surface area contributed by atoms with E-state index in [9.17, 15) is 0 Å². The summed E-state index contributed by atoms with van der Waals surface area (Å²) in [6, 6.07) is 0. The zero-order valence-electron chi connectivity index (χ0n) is 13.4. The molecule has 0 spiro atoms. The van der Waals surface area contributed by atoms with Gasteiger partial charge in [-0.05, 0) is 0 Å². The van der Waals surface area contributed by atoms with Gasteiger partial charge >= 0.3 is 135 Å². The molecule has 115 valence electrons. The Morgan fingerprint density at radius 1 is 1.24 bits per heavy atom. The number of thioether (sulfide) groups is 1. The van der Waals surface area contributed by atoms with Crippen molar-refractivity contribution in [3.8, 4) is 0 Å². The monoisotopic (exact) mass is 393 g/mol. The second-order valence-corrected chi connectivity index (χ2v) is 13.2. The number of halogens is 2. The van der Waals surface area contributed by atoms with Gasteiger partial charge in [-0.1, -0.05) is 0 Å². The Kier molecular flexibility index (Phi) is 8.39. The van der Waals surface area contributed by atoms with E-state index in [4.69, 9.17) is 0 Å². The first kappa shape index (κ1) is 21.8. The molecule has 2 aliphatic carbocycles. The largest absolute Gasteiger partial charge is 1.00 e. The summed E-state index contributed by atoms with van der Waals surface area (Å²) in [5, 5.41) is 1.68. The Balaban J connectivity index is 0.00000200. The fourth-order valence-corrected chi connectivity index (χ4v) is 11.8. The summed E-state index contributed by atoms with van der Waals surface area (Å²) in [6.07, 6.45) is 14.3. The first-order valence-electron chi connectivity index (χ1n) is 6.87. The second-order valence-electron chi connectivity index (χ2n) is 6.13. The van der Waals surface area contributed by atoms with Crippen molar-refractivity contribution in [2.24, 2.45) is 0 Å². The minimum Gasteiger partial charge on any atom is -1.00 e. The molecule has 2 rings (SSSR count). The van der Waals surface area contributed by atoms with Crippen LogP contribution in [0.1, 0.15) is 26.7 Å². The number of allylic oxidation sites excluding steroid dienone is 7. The second kappa shape index (κ2) is 8.08. The quantitative estimate of drug-likeness (QED) is 0.551. The average Bonchev–Trinajstić information content (AvgIpc) is 2.76. The van der Waals surface area contributed by atoms with Gasteiger partial charge in [-0.2, -0.15) is 0 Å². The molecule has 0 aromatic heterocycles. The van der Waals surface area contributed by atoms with E-state index >= 15 is 0 Å². The van der Waals surface area contributed by atoms with Crippen LogP contribution in [0.5, 0.6) is 0 Å².